The van der Waals surface area contributed by atoms with Crippen LogP contribution in [-0.4, -0.2) is 78.0 Å². The molecule has 0 radical (unpaired) electrons. The summed E-state index contributed by atoms with van der Waals surface area (Å²) in [5.74, 6) is -0.592. The number of carbonyl (C=O) groups excluding carboxylic acids is 1. The van der Waals surface area contributed by atoms with Gasteiger partial charge in [0.2, 0.25) is 21.9 Å². The number of amides is 1. The van der Waals surface area contributed by atoms with Crippen molar-refractivity contribution in [2.24, 2.45) is 0 Å². The van der Waals surface area contributed by atoms with E-state index >= 15 is 0 Å². The SMILES string of the molecule is CCCCCCCCS(=O)(=O)N1CCN(c2cc(C)nc(-n3ccnc3)n2)CC1CC(=O)NS(=O)(=O)c1ccc(F)cc1. The lowest BCUT2D eigenvalue weighted by Gasteiger charge is -2.41. The summed E-state index contributed by atoms with van der Waals surface area (Å²) < 4.78 is 70.8. The molecule has 1 N–H and O–H groups in total. The number of halogens is 1. The lowest BCUT2D eigenvalue weighted by molar-refractivity contribution is -0.120. The summed E-state index contributed by atoms with van der Waals surface area (Å²) in [6, 6.07) is 5.00. The molecule has 43 heavy (non-hydrogen) atoms. The molecule has 12 nitrogen and oxygen atoms in total. The Hall–Kier alpha value is -3.43. The first-order valence-electron chi connectivity index (χ1n) is 14.4. The minimum Gasteiger partial charge on any atom is -0.353 e. The zero-order chi connectivity index (χ0) is 31.0. The number of piperazine rings is 1. The summed E-state index contributed by atoms with van der Waals surface area (Å²) in [4.78, 5) is 27.8. The summed E-state index contributed by atoms with van der Waals surface area (Å²) >= 11 is 0. The van der Waals surface area contributed by atoms with Gasteiger partial charge in [-0.05, 0) is 37.6 Å². The fraction of sp³-hybridized carbons (Fsp3) is 0.500. The summed E-state index contributed by atoms with van der Waals surface area (Å²) in [6.07, 6.45) is 9.99. The molecule has 1 aliphatic heterocycles. The molecule has 1 fully saturated rings. The predicted molar refractivity (Wildman–Crippen MR) is 160 cm³/mol. The Morgan fingerprint density at radius 1 is 1.02 bits per heavy atom. The highest BCUT2D eigenvalue weighted by Gasteiger charge is 2.37. The summed E-state index contributed by atoms with van der Waals surface area (Å²) in [6.45, 7) is 4.47. The van der Waals surface area contributed by atoms with E-state index in [2.05, 4.69) is 21.9 Å². The quantitative estimate of drug-likeness (QED) is 0.264. The third kappa shape index (κ3) is 8.80. The fourth-order valence-electron chi connectivity index (χ4n) is 5.03. The number of nitrogens with one attached hydrogen (secondary N) is 1. The normalized spacial score (nSPS) is 16.3. The van der Waals surface area contributed by atoms with Gasteiger partial charge in [0.05, 0.1) is 16.7 Å². The number of aryl methyl sites for hydroxylation is 1. The second kappa shape index (κ2) is 14.4. The number of carbonyl (C=O) groups is 1. The van der Waals surface area contributed by atoms with Crippen LogP contribution >= 0.6 is 0 Å². The standard InChI is InChI=1S/C28H38FN7O5S2/c1-3-4-5-6-7-8-17-42(38,39)36-16-15-34(26-18-22(2)31-28(32-26)35-14-13-30-21-35)20-24(36)19-27(37)33-43(40,41)25-11-9-23(29)10-12-25/h9-14,18,21,24H,3-8,15-17,19-20H2,1-2H3,(H,33,37). The first-order chi connectivity index (χ1) is 20.5. The van der Waals surface area contributed by atoms with Gasteiger partial charge in [-0.2, -0.15) is 9.29 Å². The summed E-state index contributed by atoms with van der Waals surface area (Å²) in [5, 5.41) is 0. The molecule has 4 rings (SSSR count). The Morgan fingerprint density at radius 3 is 2.44 bits per heavy atom. The zero-order valence-corrected chi connectivity index (χ0v) is 26.0. The van der Waals surface area contributed by atoms with E-state index < -0.39 is 44.2 Å². The number of benzene rings is 1. The van der Waals surface area contributed by atoms with E-state index in [-0.39, 0.29) is 23.7 Å². The Balaban J connectivity index is 1.53. The maximum absolute atomic E-state index is 13.5. The van der Waals surface area contributed by atoms with Crippen LogP contribution in [0.4, 0.5) is 10.2 Å². The van der Waals surface area contributed by atoms with Crippen molar-refractivity contribution in [3.63, 3.8) is 0 Å². The minimum absolute atomic E-state index is 0.0531. The first kappa shape index (κ1) is 32.5. The number of imidazole rings is 1. The average Bonchev–Trinajstić information content (AvgIpc) is 3.50. The smallest absolute Gasteiger partial charge is 0.264 e. The van der Waals surface area contributed by atoms with Crippen LogP contribution in [0.2, 0.25) is 0 Å². The van der Waals surface area contributed by atoms with Crippen LogP contribution in [0.3, 0.4) is 0 Å². The molecule has 1 aromatic carbocycles. The Labute approximate surface area is 252 Å². The fourth-order valence-corrected chi connectivity index (χ4v) is 7.78. The average molecular weight is 636 g/mol. The third-order valence-corrected chi connectivity index (χ3v) is 10.6. The van der Waals surface area contributed by atoms with Crippen molar-refractivity contribution in [1.29, 1.82) is 0 Å². The van der Waals surface area contributed by atoms with E-state index in [4.69, 9.17) is 0 Å². The highest BCUT2D eigenvalue weighted by Crippen LogP contribution is 2.24. The molecule has 0 spiro atoms. The van der Waals surface area contributed by atoms with Gasteiger partial charge in [-0.1, -0.05) is 39.0 Å². The van der Waals surface area contributed by atoms with Crippen LogP contribution in [-0.2, 0) is 24.8 Å². The molecule has 2 aromatic heterocycles. The molecular formula is C28H38FN7O5S2. The topological polar surface area (TPSA) is 147 Å². The maximum atomic E-state index is 13.5. The number of nitrogens with zero attached hydrogens (tertiary/aromatic N) is 6. The van der Waals surface area contributed by atoms with Crippen molar-refractivity contribution in [2.75, 3.05) is 30.3 Å². The van der Waals surface area contributed by atoms with Crippen molar-refractivity contribution in [3.8, 4) is 5.95 Å². The highest BCUT2D eigenvalue weighted by atomic mass is 32.2. The molecule has 1 atom stereocenters. The van der Waals surface area contributed by atoms with Gasteiger partial charge in [0, 0.05) is 50.2 Å². The summed E-state index contributed by atoms with van der Waals surface area (Å²) in [5.41, 5.74) is 0.687. The Kier molecular flexibility index (Phi) is 10.8. The van der Waals surface area contributed by atoms with Crippen molar-refractivity contribution in [3.05, 3.63) is 60.6 Å². The second-order valence-electron chi connectivity index (χ2n) is 10.6. The van der Waals surface area contributed by atoms with Crippen molar-refractivity contribution in [1.82, 2.24) is 28.5 Å². The Morgan fingerprint density at radius 2 is 1.74 bits per heavy atom. The molecule has 15 heteroatoms. The van der Waals surface area contributed by atoms with E-state index in [1.807, 2.05) is 16.5 Å². The van der Waals surface area contributed by atoms with E-state index in [0.29, 0.717) is 30.4 Å². The van der Waals surface area contributed by atoms with Crippen molar-refractivity contribution < 1.29 is 26.0 Å². The number of rotatable bonds is 14. The molecule has 0 saturated carbocycles. The number of anilines is 1. The van der Waals surface area contributed by atoms with Crippen LogP contribution < -0.4 is 9.62 Å². The van der Waals surface area contributed by atoms with Crippen LogP contribution in [0.1, 0.15) is 57.6 Å². The molecule has 3 heterocycles. The lowest BCUT2D eigenvalue weighted by atomic mass is 10.1. The number of hydrogen-bond donors (Lipinski definition) is 1. The molecule has 0 bridgehead atoms. The highest BCUT2D eigenvalue weighted by molar-refractivity contribution is 7.90. The van der Waals surface area contributed by atoms with E-state index in [1.165, 1.54) is 4.31 Å². The summed E-state index contributed by atoms with van der Waals surface area (Å²) in [7, 11) is -8.02. The van der Waals surface area contributed by atoms with E-state index in [0.717, 1.165) is 56.4 Å². The maximum Gasteiger partial charge on any atom is 0.264 e. The van der Waals surface area contributed by atoms with E-state index in [9.17, 15) is 26.0 Å². The molecule has 1 aliphatic rings. The molecule has 1 saturated heterocycles. The van der Waals surface area contributed by atoms with Gasteiger partial charge >= 0.3 is 0 Å². The van der Waals surface area contributed by atoms with Gasteiger partial charge < -0.3 is 4.90 Å². The molecule has 1 unspecified atom stereocenters. The number of sulfonamides is 2. The van der Waals surface area contributed by atoms with Gasteiger partial charge in [0.1, 0.15) is 18.0 Å². The monoisotopic (exact) mass is 635 g/mol. The van der Waals surface area contributed by atoms with Gasteiger partial charge in [-0.25, -0.2) is 35.9 Å². The second-order valence-corrected chi connectivity index (χ2v) is 14.3. The predicted octanol–water partition coefficient (Wildman–Crippen LogP) is 3.19. The van der Waals surface area contributed by atoms with Crippen LogP contribution in [0.25, 0.3) is 5.95 Å². The van der Waals surface area contributed by atoms with E-state index in [1.54, 1.807) is 29.4 Å². The first-order valence-corrected chi connectivity index (χ1v) is 17.5. The van der Waals surface area contributed by atoms with Crippen LogP contribution in [0.15, 0.2) is 53.9 Å². The van der Waals surface area contributed by atoms with Gasteiger partial charge in [-0.15, -0.1) is 0 Å². The minimum atomic E-state index is -4.28. The van der Waals surface area contributed by atoms with Crippen LogP contribution in [0, 0.1) is 12.7 Å². The Bertz CT molecular complexity index is 1580. The zero-order valence-electron chi connectivity index (χ0n) is 24.4. The number of hydrogen-bond acceptors (Lipinski definition) is 9. The molecule has 234 valence electrons. The van der Waals surface area contributed by atoms with Gasteiger partial charge in [0.25, 0.3) is 10.0 Å². The van der Waals surface area contributed by atoms with Crippen LogP contribution in [0.5, 0.6) is 0 Å². The number of aromatic nitrogens is 4. The van der Waals surface area contributed by atoms with Crippen molar-refractivity contribution in [2.45, 2.75) is 69.7 Å². The molecule has 0 aliphatic carbocycles. The largest absolute Gasteiger partial charge is 0.353 e. The lowest BCUT2D eigenvalue weighted by Crippen LogP contribution is -2.57. The molecule has 3 aromatic rings. The van der Waals surface area contributed by atoms with Gasteiger partial charge in [0.15, 0.2) is 0 Å². The number of unbranched alkanes of at least 4 members (excludes halogenated alkanes) is 5. The third-order valence-electron chi connectivity index (χ3n) is 7.22. The molecular weight excluding hydrogens is 597 g/mol. The molecule has 1 amide bonds. The van der Waals surface area contributed by atoms with Gasteiger partial charge in [-0.3, -0.25) is 9.36 Å². The van der Waals surface area contributed by atoms with Crippen molar-refractivity contribution >= 4 is 31.8 Å².